The highest BCUT2D eigenvalue weighted by Crippen LogP contribution is 2.32. The number of nitrogens with one attached hydrogen (secondary N) is 1. The molecule has 1 aliphatic heterocycles. The monoisotopic (exact) mass is 262 g/mol. The molecule has 3 rings (SSSR count). The second-order valence-corrected chi connectivity index (χ2v) is 5.37. The van der Waals surface area contributed by atoms with Crippen molar-refractivity contribution in [2.45, 2.75) is 31.7 Å². The number of halogens is 1. The molecule has 1 atom stereocenters. The maximum Gasteiger partial charge on any atom is 0.236 e. The molecule has 1 aromatic carbocycles. The summed E-state index contributed by atoms with van der Waals surface area (Å²) < 4.78 is 13.6. The Kier molecular flexibility index (Phi) is 3.51. The molecule has 1 N–H and O–H groups in total. The quantitative estimate of drug-likeness (QED) is 0.904. The average Bonchev–Trinajstić information content (AvgIpc) is 3.06. The third kappa shape index (κ3) is 2.50. The van der Waals surface area contributed by atoms with Crippen molar-refractivity contribution in [2.75, 3.05) is 19.6 Å². The summed E-state index contributed by atoms with van der Waals surface area (Å²) in [6, 6.07) is 5.34. The molecule has 0 saturated carbocycles. The third-order valence-corrected chi connectivity index (χ3v) is 4.17. The van der Waals surface area contributed by atoms with E-state index < -0.39 is 0 Å². The lowest BCUT2D eigenvalue weighted by Gasteiger charge is -2.18. The van der Waals surface area contributed by atoms with Crippen molar-refractivity contribution in [1.29, 1.82) is 0 Å². The Morgan fingerprint density at radius 1 is 1.37 bits per heavy atom. The number of nitrogens with zero attached hydrogens (tertiary/aromatic N) is 1. The second-order valence-electron chi connectivity index (χ2n) is 5.37. The molecule has 19 heavy (non-hydrogen) atoms. The first kappa shape index (κ1) is 12.6. The first-order valence-electron chi connectivity index (χ1n) is 7.04. The predicted molar refractivity (Wildman–Crippen MR) is 71.3 cm³/mol. The van der Waals surface area contributed by atoms with Crippen molar-refractivity contribution < 1.29 is 9.18 Å². The smallest absolute Gasteiger partial charge is 0.236 e. The molecular formula is C15H19FN2O. The van der Waals surface area contributed by atoms with Crippen molar-refractivity contribution in [3.05, 3.63) is 35.1 Å². The highest BCUT2D eigenvalue weighted by atomic mass is 19.1. The molecule has 0 aromatic heterocycles. The highest BCUT2D eigenvalue weighted by Gasteiger charge is 2.26. The van der Waals surface area contributed by atoms with Crippen LogP contribution in [0.15, 0.2) is 18.2 Å². The number of amides is 1. The van der Waals surface area contributed by atoms with E-state index in [9.17, 15) is 9.18 Å². The standard InChI is InChI=1S/C15H19FN2O/c16-13-5-3-4-12-11(13)6-7-14(12)17-10-15(19)18-8-1-2-9-18/h3-5,14,17H,1-2,6-10H2. The molecule has 0 spiro atoms. The number of hydrogen-bond acceptors (Lipinski definition) is 2. The van der Waals surface area contributed by atoms with E-state index >= 15 is 0 Å². The normalized spacial score (nSPS) is 21.7. The van der Waals surface area contributed by atoms with Crippen LogP contribution in [0.5, 0.6) is 0 Å². The highest BCUT2D eigenvalue weighted by molar-refractivity contribution is 5.78. The Morgan fingerprint density at radius 3 is 2.95 bits per heavy atom. The molecule has 4 heteroatoms. The van der Waals surface area contributed by atoms with Gasteiger partial charge in [0.15, 0.2) is 0 Å². The van der Waals surface area contributed by atoms with Crippen molar-refractivity contribution in [3.63, 3.8) is 0 Å². The van der Waals surface area contributed by atoms with E-state index in [-0.39, 0.29) is 17.8 Å². The molecule has 102 valence electrons. The minimum Gasteiger partial charge on any atom is -0.342 e. The molecule has 1 fully saturated rings. The fourth-order valence-electron chi connectivity index (χ4n) is 3.11. The van der Waals surface area contributed by atoms with Gasteiger partial charge in [0, 0.05) is 19.1 Å². The molecule has 3 nitrogen and oxygen atoms in total. The molecular weight excluding hydrogens is 243 g/mol. The van der Waals surface area contributed by atoms with Crippen LogP contribution in [0.25, 0.3) is 0 Å². The average molecular weight is 262 g/mol. The maximum absolute atomic E-state index is 13.6. The molecule has 0 bridgehead atoms. The van der Waals surface area contributed by atoms with E-state index in [1.807, 2.05) is 11.0 Å². The fraction of sp³-hybridized carbons (Fsp3) is 0.533. The van der Waals surface area contributed by atoms with E-state index in [2.05, 4.69) is 5.32 Å². The van der Waals surface area contributed by atoms with E-state index in [4.69, 9.17) is 0 Å². The van der Waals surface area contributed by atoms with Crippen LogP contribution in [0.4, 0.5) is 4.39 Å². The lowest BCUT2D eigenvalue weighted by molar-refractivity contribution is -0.129. The zero-order chi connectivity index (χ0) is 13.2. The number of fused-ring (bicyclic) bond motifs is 1. The van der Waals surface area contributed by atoms with Gasteiger partial charge in [-0.1, -0.05) is 12.1 Å². The Bertz CT molecular complexity index is 483. The summed E-state index contributed by atoms with van der Waals surface area (Å²) in [7, 11) is 0. The van der Waals surface area contributed by atoms with Gasteiger partial charge in [-0.15, -0.1) is 0 Å². The van der Waals surface area contributed by atoms with Gasteiger partial charge in [-0.2, -0.15) is 0 Å². The van der Waals surface area contributed by atoms with Gasteiger partial charge in [-0.25, -0.2) is 4.39 Å². The van der Waals surface area contributed by atoms with Crippen molar-refractivity contribution in [3.8, 4) is 0 Å². The van der Waals surface area contributed by atoms with Gasteiger partial charge in [-0.05, 0) is 42.9 Å². The number of hydrogen-bond donors (Lipinski definition) is 1. The van der Waals surface area contributed by atoms with E-state index in [0.717, 1.165) is 49.9 Å². The van der Waals surface area contributed by atoms with Crippen LogP contribution in [-0.2, 0) is 11.2 Å². The van der Waals surface area contributed by atoms with E-state index in [0.29, 0.717) is 6.54 Å². The van der Waals surface area contributed by atoms with E-state index in [1.54, 1.807) is 6.07 Å². The molecule has 1 heterocycles. The van der Waals surface area contributed by atoms with E-state index in [1.165, 1.54) is 6.07 Å². The van der Waals surface area contributed by atoms with Crippen LogP contribution >= 0.6 is 0 Å². The van der Waals surface area contributed by atoms with Crippen molar-refractivity contribution in [2.24, 2.45) is 0 Å². The van der Waals surface area contributed by atoms with Gasteiger partial charge < -0.3 is 10.2 Å². The lowest BCUT2D eigenvalue weighted by atomic mass is 10.1. The topological polar surface area (TPSA) is 32.3 Å². The maximum atomic E-state index is 13.6. The molecule has 1 amide bonds. The number of benzene rings is 1. The molecule has 1 saturated heterocycles. The Hall–Kier alpha value is -1.42. The Morgan fingerprint density at radius 2 is 2.16 bits per heavy atom. The van der Waals surface area contributed by atoms with Crippen LogP contribution in [0, 0.1) is 5.82 Å². The second kappa shape index (κ2) is 5.29. The molecule has 1 aromatic rings. The van der Waals surface area contributed by atoms with Crippen LogP contribution < -0.4 is 5.32 Å². The van der Waals surface area contributed by atoms with Crippen molar-refractivity contribution in [1.82, 2.24) is 10.2 Å². The number of rotatable bonds is 3. The zero-order valence-corrected chi connectivity index (χ0v) is 11.0. The zero-order valence-electron chi connectivity index (χ0n) is 11.0. The van der Waals surface area contributed by atoms with Gasteiger partial charge in [0.2, 0.25) is 5.91 Å². The minimum absolute atomic E-state index is 0.118. The van der Waals surface area contributed by atoms with Crippen LogP contribution in [0.2, 0.25) is 0 Å². The minimum atomic E-state index is -0.118. The summed E-state index contributed by atoms with van der Waals surface area (Å²) >= 11 is 0. The van der Waals surface area contributed by atoms with Crippen LogP contribution in [0.3, 0.4) is 0 Å². The Balaban J connectivity index is 1.60. The number of carbonyl (C=O) groups excluding carboxylic acids is 1. The molecule has 0 radical (unpaired) electrons. The number of likely N-dealkylation sites (tertiary alicyclic amines) is 1. The first-order chi connectivity index (χ1) is 9.25. The fourth-order valence-corrected chi connectivity index (χ4v) is 3.11. The molecule has 1 aliphatic carbocycles. The SMILES string of the molecule is O=C(CNC1CCc2c(F)cccc21)N1CCCC1. The first-order valence-corrected chi connectivity index (χ1v) is 7.04. The van der Waals surface area contributed by atoms with Crippen LogP contribution in [-0.4, -0.2) is 30.4 Å². The largest absolute Gasteiger partial charge is 0.342 e. The van der Waals surface area contributed by atoms with Gasteiger partial charge in [0.05, 0.1) is 6.54 Å². The summed E-state index contributed by atoms with van der Waals surface area (Å²) in [6.07, 6.45) is 3.87. The lowest BCUT2D eigenvalue weighted by Crippen LogP contribution is -2.37. The van der Waals surface area contributed by atoms with Gasteiger partial charge in [-0.3, -0.25) is 4.79 Å². The summed E-state index contributed by atoms with van der Waals surface area (Å²) in [6.45, 7) is 2.13. The third-order valence-electron chi connectivity index (χ3n) is 4.17. The summed E-state index contributed by atoms with van der Waals surface area (Å²) in [5.74, 6) is 0.0509. The van der Waals surface area contributed by atoms with Gasteiger partial charge in [0.1, 0.15) is 5.82 Å². The van der Waals surface area contributed by atoms with Crippen molar-refractivity contribution >= 4 is 5.91 Å². The Labute approximate surface area is 112 Å². The summed E-state index contributed by atoms with van der Waals surface area (Å²) in [5, 5.41) is 3.28. The van der Waals surface area contributed by atoms with Gasteiger partial charge >= 0.3 is 0 Å². The number of carbonyl (C=O) groups is 1. The summed E-state index contributed by atoms with van der Waals surface area (Å²) in [4.78, 5) is 13.9. The van der Waals surface area contributed by atoms with Crippen LogP contribution in [0.1, 0.15) is 36.4 Å². The molecule has 2 aliphatic rings. The predicted octanol–water partition coefficient (Wildman–Crippen LogP) is 2.02. The summed E-state index contributed by atoms with van der Waals surface area (Å²) in [5.41, 5.74) is 1.84. The van der Waals surface area contributed by atoms with Gasteiger partial charge in [0.25, 0.3) is 0 Å². The molecule has 1 unspecified atom stereocenters.